The quantitative estimate of drug-likeness (QED) is 0.699. The van der Waals surface area contributed by atoms with Gasteiger partial charge in [0.1, 0.15) is 29.8 Å². The molecule has 0 spiro atoms. The van der Waals surface area contributed by atoms with E-state index in [1.807, 2.05) is 56.3 Å². The second kappa shape index (κ2) is 8.13. The second-order valence-electron chi connectivity index (χ2n) is 8.62. The van der Waals surface area contributed by atoms with Crippen molar-refractivity contribution < 1.29 is 14.3 Å². The van der Waals surface area contributed by atoms with Gasteiger partial charge >= 0.3 is 0 Å². The van der Waals surface area contributed by atoms with Gasteiger partial charge in [-0.1, -0.05) is 61.8 Å². The Labute approximate surface area is 186 Å². The van der Waals surface area contributed by atoms with Gasteiger partial charge in [0.05, 0.1) is 5.92 Å². The summed E-state index contributed by atoms with van der Waals surface area (Å²) in [6, 6.07) is 17.0. The number of hydrogen-bond acceptors (Lipinski definition) is 5. The van der Waals surface area contributed by atoms with E-state index in [4.69, 9.17) is 26.8 Å². The predicted molar refractivity (Wildman–Crippen MR) is 118 cm³/mol. The minimum absolute atomic E-state index is 0.0302. The largest absolute Gasteiger partial charge is 0.489 e. The lowest BCUT2D eigenvalue weighted by molar-refractivity contribution is -0.119. The maximum Gasteiger partial charge on any atom is 0.205 e. The molecule has 0 saturated carbocycles. The lowest BCUT2D eigenvalue weighted by Crippen LogP contribution is -2.33. The number of nitrogens with zero attached hydrogens (tertiary/aromatic N) is 1. The fraction of sp³-hybridized carbons (Fsp3) is 0.280. The van der Waals surface area contributed by atoms with Crippen molar-refractivity contribution >= 4 is 17.4 Å². The van der Waals surface area contributed by atoms with Crippen LogP contribution in [0.1, 0.15) is 43.7 Å². The summed E-state index contributed by atoms with van der Waals surface area (Å²) in [5.41, 5.74) is 8.17. The van der Waals surface area contributed by atoms with E-state index in [1.165, 1.54) is 0 Å². The van der Waals surface area contributed by atoms with Gasteiger partial charge < -0.3 is 15.2 Å². The number of nitrogens with two attached hydrogens (primary N) is 1. The number of rotatable bonds is 4. The van der Waals surface area contributed by atoms with Crippen LogP contribution in [0.3, 0.4) is 0 Å². The van der Waals surface area contributed by atoms with E-state index in [1.54, 1.807) is 6.07 Å². The lowest BCUT2D eigenvalue weighted by atomic mass is 9.70. The fourth-order valence-electron chi connectivity index (χ4n) is 4.22. The molecule has 0 amide bonds. The summed E-state index contributed by atoms with van der Waals surface area (Å²) >= 11 is 6.26. The zero-order valence-electron chi connectivity index (χ0n) is 17.4. The third-order valence-electron chi connectivity index (χ3n) is 5.65. The summed E-state index contributed by atoms with van der Waals surface area (Å²) in [5.74, 6) is 0.498. The van der Waals surface area contributed by atoms with Crippen molar-refractivity contribution in [3.8, 4) is 11.8 Å². The molecule has 1 atom stereocenters. The highest BCUT2D eigenvalue weighted by Crippen LogP contribution is 2.49. The molecular weight excluding hydrogens is 412 g/mol. The van der Waals surface area contributed by atoms with Gasteiger partial charge in [0.2, 0.25) is 5.88 Å². The maximum atomic E-state index is 13.2. The molecule has 0 unspecified atom stereocenters. The van der Waals surface area contributed by atoms with Crippen molar-refractivity contribution in [2.75, 3.05) is 0 Å². The van der Waals surface area contributed by atoms with Gasteiger partial charge in [-0.3, -0.25) is 4.79 Å². The Morgan fingerprint density at radius 3 is 2.65 bits per heavy atom. The molecule has 0 aromatic heterocycles. The zero-order valence-corrected chi connectivity index (χ0v) is 18.2. The highest BCUT2D eigenvalue weighted by atomic mass is 35.5. The van der Waals surface area contributed by atoms with E-state index < -0.39 is 5.92 Å². The Kier molecular flexibility index (Phi) is 5.51. The number of nitriles is 1. The summed E-state index contributed by atoms with van der Waals surface area (Å²) < 4.78 is 11.9. The van der Waals surface area contributed by atoms with Crippen LogP contribution >= 0.6 is 11.6 Å². The van der Waals surface area contributed by atoms with Crippen LogP contribution in [0, 0.1) is 16.7 Å². The highest BCUT2D eigenvalue weighted by Gasteiger charge is 2.43. The topological polar surface area (TPSA) is 85.3 Å². The third kappa shape index (κ3) is 4.04. The van der Waals surface area contributed by atoms with Gasteiger partial charge in [-0.25, -0.2) is 0 Å². The number of Topliss-reactive ketones (excluding diaryl/α,β-unsaturated/α-hetero) is 1. The third-order valence-corrected chi connectivity index (χ3v) is 6.02. The predicted octanol–water partition coefficient (Wildman–Crippen LogP) is 5.37. The number of carbonyl (C=O) groups is 1. The smallest absolute Gasteiger partial charge is 0.205 e. The van der Waals surface area contributed by atoms with Crippen LogP contribution in [-0.4, -0.2) is 5.78 Å². The summed E-state index contributed by atoms with van der Waals surface area (Å²) in [7, 11) is 0. The average Bonchev–Trinajstić information content (AvgIpc) is 2.71. The molecule has 0 bridgehead atoms. The fourth-order valence-corrected chi connectivity index (χ4v) is 4.41. The summed E-state index contributed by atoms with van der Waals surface area (Å²) in [5, 5.41) is 10.5. The second-order valence-corrected chi connectivity index (χ2v) is 9.03. The molecule has 1 aliphatic carbocycles. The van der Waals surface area contributed by atoms with Gasteiger partial charge in [0, 0.05) is 34.6 Å². The van der Waals surface area contributed by atoms with Crippen LogP contribution in [0.25, 0.3) is 0 Å². The number of hydrogen-bond donors (Lipinski definition) is 1. The number of allylic oxidation sites excluding steroid dienone is 3. The summed E-state index contributed by atoms with van der Waals surface area (Å²) in [6.07, 6.45) is 0.958. The molecule has 2 aromatic carbocycles. The van der Waals surface area contributed by atoms with Gasteiger partial charge in [-0.15, -0.1) is 0 Å². The summed E-state index contributed by atoms with van der Waals surface area (Å²) in [6.45, 7) is 4.30. The lowest BCUT2D eigenvalue weighted by Gasteiger charge is -2.37. The number of benzene rings is 2. The van der Waals surface area contributed by atoms with E-state index in [0.29, 0.717) is 40.5 Å². The average molecular weight is 435 g/mol. The molecule has 0 radical (unpaired) electrons. The first-order valence-corrected chi connectivity index (χ1v) is 10.5. The Balaban J connectivity index is 1.77. The number of para-hydroxylation sites is 1. The van der Waals surface area contributed by atoms with E-state index in [-0.39, 0.29) is 29.3 Å². The normalized spacial score (nSPS) is 20.1. The molecule has 31 heavy (non-hydrogen) atoms. The van der Waals surface area contributed by atoms with Crippen LogP contribution in [0.4, 0.5) is 0 Å². The van der Waals surface area contributed by atoms with Gasteiger partial charge in [0.15, 0.2) is 5.78 Å². The number of ketones is 1. The van der Waals surface area contributed by atoms with Crippen molar-refractivity contribution in [2.45, 2.75) is 39.2 Å². The van der Waals surface area contributed by atoms with E-state index >= 15 is 0 Å². The van der Waals surface area contributed by atoms with Crippen molar-refractivity contribution in [2.24, 2.45) is 11.1 Å². The van der Waals surface area contributed by atoms with Crippen LogP contribution in [0.2, 0.25) is 5.02 Å². The first-order chi connectivity index (χ1) is 14.8. The molecule has 5 nitrogen and oxygen atoms in total. The molecule has 2 aromatic rings. The molecule has 1 heterocycles. The molecule has 0 saturated heterocycles. The van der Waals surface area contributed by atoms with Crippen LogP contribution < -0.4 is 10.5 Å². The van der Waals surface area contributed by atoms with Crippen molar-refractivity contribution in [3.05, 3.63) is 87.5 Å². The van der Waals surface area contributed by atoms with E-state index in [2.05, 4.69) is 6.07 Å². The Morgan fingerprint density at radius 2 is 1.90 bits per heavy atom. The number of halogens is 1. The monoisotopic (exact) mass is 434 g/mol. The van der Waals surface area contributed by atoms with E-state index in [0.717, 1.165) is 5.56 Å². The molecule has 158 valence electrons. The SMILES string of the molecule is CC1(C)CC(=O)C2=C(C1)OC(N)=C(C#N)[C@@H]2c1ccccc1OCc1ccccc1Cl. The molecule has 2 aliphatic rings. The first kappa shape index (κ1) is 21.0. The summed E-state index contributed by atoms with van der Waals surface area (Å²) in [4.78, 5) is 13.2. The number of carbonyl (C=O) groups excluding carboxylic acids is 1. The molecule has 6 heteroatoms. The first-order valence-electron chi connectivity index (χ1n) is 10.1. The highest BCUT2D eigenvalue weighted by molar-refractivity contribution is 6.31. The molecule has 0 fully saturated rings. The Hall–Kier alpha value is -3.23. The standard InChI is InChI=1S/C25H23ClN2O3/c1-25(2)11-19(29)23-21(12-25)31-24(28)17(13-27)22(23)16-8-4-6-10-20(16)30-14-15-7-3-5-9-18(15)26/h3-10,22H,11-12,14,28H2,1-2H3/t22-/m0/s1. The minimum Gasteiger partial charge on any atom is -0.489 e. The Bertz CT molecular complexity index is 1160. The minimum atomic E-state index is -0.625. The number of ether oxygens (including phenoxy) is 2. The van der Waals surface area contributed by atoms with E-state index in [9.17, 15) is 10.1 Å². The van der Waals surface area contributed by atoms with Crippen molar-refractivity contribution in [1.82, 2.24) is 0 Å². The van der Waals surface area contributed by atoms with Crippen molar-refractivity contribution in [3.63, 3.8) is 0 Å². The molecular formula is C25H23ClN2O3. The molecule has 2 N–H and O–H groups in total. The maximum absolute atomic E-state index is 13.2. The van der Waals surface area contributed by atoms with Crippen molar-refractivity contribution in [1.29, 1.82) is 5.26 Å². The van der Waals surface area contributed by atoms with Gasteiger partial charge in [-0.05, 0) is 17.5 Å². The molecule has 1 aliphatic heterocycles. The Morgan fingerprint density at radius 1 is 1.19 bits per heavy atom. The van der Waals surface area contributed by atoms with Crippen LogP contribution in [0.15, 0.2) is 71.3 Å². The zero-order chi connectivity index (χ0) is 22.2. The van der Waals surface area contributed by atoms with Crippen LogP contribution in [-0.2, 0) is 16.1 Å². The molecule has 4 rings (SSSR count). The van der Waals surface area contributed by atoms with Gasteiger partial charge in [-0.2, -0.15) is 5.26 Å². The van der Waals surface area contributed by atoms with Gasteiger partial charge in [0.25, 0.3) is 0 Å². The van der Waals surface area contributed by atoms with Crippen LogP contribution in [0.5, 0.6) is 5.75 Å².